The van der Waals surface area contributed by atoms with E-state index in [4.69, 9.17) is 5.73 Å². The molecular weight excluding hydrogens is 192 g/mol. The van der Waals surface area contributed by atoms with Crippen LogP contribution in [0.1, 0.15) is 24.2 Å². The van der Waals surface area contributed by atoms with Gasteiger partial charge in [0.05, 0.1) is 11.8 Å². The first-order valence-electron chi connectivity index (χ1n) is 5.03. The van der Waals surface area contributed by atoms with Crippen LogP contribution in [-0.2, 0) is 7.05 Å². The Balaban J connectivity index is 2.43. The van der Waals surface area contributed by atoms with Crippen molar-refractivity contribution in [3.05, 3.63) is 18.0 Å². The summed E-state index contributed by atoms with van der Waals surface area (Å²) in [6.07, 6.45) is 3.21. The van der Waals surface area contributed by atoms with E-state index in [2.05, 4.69) is 10.4 Å². The van der Waals surface area contributed by atoms with Crippen molar-refractivity contribution in [2.75, 3.05) is 6.54 Å². The van der Waals surface area contributed by atoms with E-state index in [1.807, 2.05) is 13.8 Å². The van der Waals surface area contributed by atoms with Crippen molar-refractivity contribution in [1.82, 2.24) is 15.1 Å². The Morgan fingerprint density at radius 3 is 2.80 bits per heavy atom. The quantitative estimate of drug-likeness (QED) is 0.742. The number of nitrogens with two attached hydrogens (primary N) is 1. The second-order valence-corrected chi connectivity index (χ2v) is 4.02. The average molecular weight is 210 g/mol. The smallest absolute Gasteiger partial charge is 0.254 e. The fourth-order valence-corrected chi connectivity index (χ4v) is 1.09. The van der Waals surface area contributed by atoms with Gasteiger partial charge in [-0.1, -0.05) is 13.8 Å². The van der Waals surface area contributed by atoms with Crippen molar-refractivity contribution in [3.8, 4) is 0 Å². The molecule has 15 heavy (non-hydrogen) atoms. The molecular formula is C10H18N4O. The number of amides is 1. The predicted octanol–water partition coefficient (Wildman–Crippen LogP) is 0.133. The van der Waals surface area contributed by atoms with Crippen molar-refractivity contribution in [3.63, 3.8) is 0 Å². The normalized spacial score (nSPS) is 12.9. The molecule has 0 bridgehead atoms. The monoisotopic (exact) mass is 210 g/mol. The third-order valence-corrected chi connectivity index (χ3v) is 2.32. The van der Waals surface area contributed by atoms with E-state index >= 15 is 0 Å². The Bertz CT molecular complexity index is 332. The zero-order valence-electron chi connectivity index (χ0n) is 9.40. The van der Waals surface area contributed by atoms with E-state index in [9.17, 15) is 4.79 Å². The van der Waals surface area contributed by atoms with Gasteiger partial charge in [0.2, 0.25) is 0 Å². The molecule has 0 aliphatic heterocycles. The number of hydrogen-bond donors (Lipinski definition) is 2. The molecule has 1 rings (SSSR count). The van der Waals surface area contributed by atoms with E-state index in [0.717, 1.165) is 0 Å². The highest BCUT2D eigenvalue weighted by atomic mass is 16.1. The molecule has 3 N–H and O–H groups in total. The molecule has 1 heterocycles. The Morgan fingerprint density at radius 1 is 1.67 bits per heavy atom. The molecule has 0 aromatic carbocycles. The van der Waals surface area contributed by atoms with Crippen molar-refractivity contribution in [1.29, 1.82) is 0 Å². The second kappa shape index (κ2) is 4.93. The molecule has 0 aliphatic rings. The SMILES string of the molecule is CC(C)C(N)CNC(=O)c1cnn(C)c1. The molecule has 1 aromatic rings. The van der Waals surface area contributed by atoms with Crippen LogP contribution in [-0.4, -0.2) is 28.3 Å². The number of nitrogens with zero attached hydrogens (tertiary/aromatic N) is 2. The minimum Gasteiger partial charge on any atom is -0.350 e. The zero-order valence-corrected chi connectivity index (χ0v) is 9.40. The fourth-order valence-electron chi connectivity index (χ4n) is 1.09. The summed E-state index contributed by atoms with van der Waals surface area (Å²) in [7, 11) is 1.77. The lowest BCUT2D eigenvalue weighted by molar-refractivity contribution is 0.0949. The van der Waals surface area contributed by atoms with Crippen molar-refractivity contribution >= 4 is 5.91 Å². The second-order valence-electron chi connectivity index (χ2n) is 4.02. The Hall–Kier alpha value is -1.36. The van der Waals surface area contributed by atoms with Crippen LogP contribution < -0.4 is 11.1 Å². The number of carbonyl (C=O) groups is 1. The van der Waals surface area contributed by atoms with Crippen molar-refractivity contribution < 1.29 is 4.79 Å². The third kappa shape index (κ3) is 3.36. The largest absolute Gasteiger partial charge is 0.350 e. The average Bonchev–Trinajstić information content (AvgIpc) is 2.60. The van der Waals surface area contributed by atoms with Crippen LogP contribution in [0.3, 0.4) is 0 Å². The third-order valence-electron chi connectivity index (χ3n) is 2.32. The number of aromatic nitrogens is 2. The summed E-state index contributed by atoms with van der Waals surface area (Å²) in [4.78, 5) is 11.6. The Labute approximate surface area is 89.6 Å². The first-order valence-corrected chi connectivity index (χ1v) is 5.03. The summed E-state index contributed by atoms with van der Waals surface area (Å²) < 4.78 is 1.59. The molecule has 1 amide bonds. The number of nitrogens with one attached hydrogen (secondary N) is 1. The van der Waals surface area contributed by atoms with Gasteiger partial charge in [-0.2, -0.15) is 5.10 Å². The van der Waals surface area contributed by atoms with E-state index in [-0.39, 0.29) is 11.9 Å². The van der Waals surface area contributed by atoms with Crippen LogP contribution in [0.4, 0.5) is 0 Å². The summed E-state index contributed by atoms with van der Waals surface area (Å²) in [6.45, 7) is 4.55. The fraction of sp³-hybridized carbons (Fsp3) is 0.600. The summed E-state index contributed by atoms with van der Waals surface area (Å²) in [6, 6.07) is -0.00868. The maximum Gasteiger partial charge on any atom is 0.254 e. The number of rotatable bonds is 4. The van der Waals surface area contributed by atoms with Gasteiger partial charge >= 0.3 is 0 Å². The predicted molar refractivity (Wildman–Crippen MR) is 58.4 cm³/mol. The van der Waals surface area contributed by atoms with Gasteiger partial charge in [0.1, 0.15) is 0 Å². The van der Waals surface area contributed by atoms with Crippen molar-refractivity contribution in [2.45, 2.75) is 19.9 Å². The van der Waals surface area contributed by atoms with Gasteiger partial charge in [0, 0.05) is 25.8 Å². The maximum atomic E-state index is 11.6. The molecule has 5 heteroatoms. The highest BCUT2D eigenvalue weighted by molar-refractivity contribution is 5.93. The molecule has 1 unspecified atom stereocenters. The van der Waals surface area contributed by atoms with Crippen LogP contribution in [0.25, 0.3) is 0 Å². The summed E-state index contributed by atoms with van der Waals surface area (Å²) in [5, 5.41) is 6.70. The highest BCUT2D eigenvalue weighted by Gasteiger charge is 2.11. The van der Waals surface area contributed by atoms with Crippen LogP contribution in [0.2, 0.25) is 0 Å². The van der Waals surface area contributed by atoms with E-state index in [1.165, 1.54) is 6.20 Å². The first kappa shape index (κ1) is 11.7. The van der Waals surface area contributed by atoms with Gasteiger partial charge in [0.15, 0.2) is 0 Å². The highest BCUT2D eigenvalue weighted by Crippen LogP contribution is 1.98. The molecule has 0 saturated carbocycles. The lowest BCUT2D eigenvalue weighted by Gasteiger charge is -2.15. The molecule has 0 spiro atoms. The van der Waals surface area contributed by atoms with E-state index in [0.29, 0.717) is 18.0 Å². The van der Waals surface area contributed by atoms with Gasteiger partial charge in [-0.3, -0.25) is 9.48 Å². The number of aryl methyl sites for hydroxylation is 1. The lowest BCUT2D eigenvalue weighted by Crippen LogP contribution is -2.40. The summed E-state index contributed by atoms with van der Waals surface area (Å²) in [5.74, 6) is 0.235. The summed E-state index contributed by atoms with van der Waals surface area (Å²) in [5.41, 5.74) is 6.38. The van der Waals surface area contributed by atoms with Crippen LogP contribution in [0.5, 0.6) is 0 Å². The molecule has 1 atom stereocenters. The standard InChI is InChI=1S/C10H18N4O/c1-7(2)9(11)5-12-10(15)8-4-13-14(3)6-8/h4,6-7,9H,5,11H2,1-3H3,(H,12,15). The molecule has 0 aliphatic carbocycles. The molecule has 0 radical (unpaired) electrons. The first-order chi connectivity index (χ1) is 7.00. The maximum absolute atomic E-state index is 11.6. The van der Waals surface area contributed by atoms with Gasteiger partial charge in [-0.15, -0.1) is 0 Å². The minimum atomic E-state index is -0.126. The number of hydrogen-bond acceptors (Lipinski definition) is 3. The van der Waals surface area contributed by atoms with Gasteiger partial charge in [-0.05, 0) is 5.92 Å². The topological polar surface area (TPSA) is 72.9 Å². The molecule has 0 saturated heterocycles. The van der Waals surface area contributed by atoms with E-state index < -0.39 is 0 Å². The van der Waals surface area contributed by atoms with Crippen molar-refractivity contribution in [2.24, 2.45) is 18.7 Å². The van der Waals surface area contributed by atoms with Crippen LogP contribution in [0, 0.1) is 5.92 Å². The molecule has 5 nitrogen and oxygen atoms in total. The minimum absolute atomic E-state index is 0.00868. The molecule has 84 valence electrons. The molecule has 1 aromatic heterocycles. The number of carbonyl (C=O) groups excluding carboxylic acids is 1. The van der Waals surface area contributed by atoms with Gasteiger partial charge in [-0.25, -0.2) is 0 Å². The van der Waals surface area contributed by atoms with E-state index in [1.54, 1.807) is 17.9 Å². The lowest BCUT2D eigenvalue weighted by atomic mass is 10.1. The Kier molecular flexibility index (Phi) is 3.85. The zero-order chi connectivity index (χ0) is 11.4. The van der Waals surface area contributed by atoms with Gasteiger partial charge in [0.25, 0.3) is 5.91 Å². The van der Waals surface area contributed by atoms with Crippen LogP contribution >= 0.6 is 0 Å². The summed E-state index contributed by atoms with van der Waals surface area (Å²) >= 11 is 0. The molecule has 0 fully saturated rings. The van der Waals surface area contributed by atoms with Crippen LogP contribution in [0.15, 0.2) is 12.4 Å². The van der Waals surface area contributed by atoms with Gasteiger partial charge < -0.3 is 11.1 Å². The Morgan fingerprint density at radius 2 is 2.33 bits per heavy atom.